The van der Waals surface area contributed by atoms with E-state index in [1.165, 1.54) is 0 Å². The molecule has 118 valence electrons. The third-order valence-electron chi connectivity index (χ3n) is 3.21. The number of nitrogens with two attached hydrogens (primary N) is 1. The van der Waals surface area contributed by atoms with Crippen LogP contribution in [0.5, 0.6) is 0 Å². The van der Waals surface area contributed by atoms with Gasteiger partial charge in [-0.15, -0.1) is 0 Å². The maximum atomic E-state index is 12.9. The largest absolute Gasteiger partial charge is 0.463 e. The van der Waals surface area contributed by atoms with E-state index in [0.29, 0.717) is 31.1 Å². The highest BCUT2D eigenvalue weighted by atomic mass is 19.4. The van der Waals surface area contributed by atoms with Crippen molar-refractivity contribution in [1.29, 1.82) is 0 Å². The predicted molar refractivity (Wildman–Crippen MR) is 62.3 cm³/mol. The summed E-state index contributed by atoms with van der Waals surface area (Å²) in [7, 11) is 0. The highest BCUT2D eigenvalue weighted by Crippen LogP contribution is 2.37. The van der Waals surface area contributed by atoms with Crippen molar-refractivity contribution in [1.82, 2.24) is 9.80 Å². The molecule has 0 aliphatic carbocycles. The number of alkyl halides is 5. The van der Waals surface area contributed by atoms with Crippen molar-refractivity contribution in [2.45, 2.75) is 24.9 Å². The summed E-state index contributed by atoms with van der Waals surface area (Å²) in [4.78, 5) is 13.8. The topological polar surface area (TPSA) is 49.6 Å². The first-order chi connectivity index (χ1) is 9.20. The molecule has 1 amide bonds. The molecule has 0 saturated carbocycles. The van der Waals surface area contributed by atoms with Crippen molar-refractivity contribution in [2.24, 2.45) is 5.73 Å². The molecule has 0 aromatic heterocycles. The molecule has 1 heterocycles. The van der Waals surface area contributed by atoms with Crippen LogP contribution in [0.4, 0.5) is 22.0 Å². The molecule has 9 heteroatoms. The maximum Gasteiger partial charge on any atom is 0.463 e. The van der Waals surface area contributed by atoms with Gasteiger partial charge >= 0.3 is 18.0 Å². The van der Waals surface area contributed by atoms with E-state index in [1.54, 1.807) is 0 Å². The first-order valence-electron chi connectivity index (χ1n) is 6.36. The fourth-order valence-electron chi connectivity index (χ4n) is 1.97. The number of hydrogen-bond acceptors (Lipinski definition) is 3. The van der Waals surface area contributed by atoms with Crippen LogP contribution < -0.4 is 5.73 Å². The average Bonchev–Trinajstić information content (AvgIpc) is 2.37. The second-order valence-corrected chi connectivity index (χ2v) is 4.70. The Morgan fingerprint density at radius 2 is 1.55 bits per heavy atom. The summed E-state index contributed by atoms with van der Waals surface area (Å²) in [5, 5.41) is 0. The number of amides is 1. The summed E-state index contributed by atoms with van der Waals surface area (Å²) in [5.74, 6) is -7.47. The maximum absolute atomic E-state index is 12.9. The van der Waals surface area contributed by atoms with Gasteiger partial charge in [-0.2, -0.15) is 22.0 Å². The molecule has 0 spiro atoms. The fraction of sp³-hybridized carbons (Fsp3) is 0.909. The molecule has 2 N–H and O–H groups in total. The molecule has 1 fully saturated rings. The van der Waals surface area contributed by atoms with Crippen LogP contribution in [0.15, 0.2) is 0 Å². The van der Waals surface area contributed by atoms with Crippen LogP contribution in [0.2, 0.25) is 0 Å². The first-order valence-corrected chi connectivity index (χ1v) is 6.36. The van der Waals surface area contributed by atoms with E-state index in [-0.39, 0.29) is 13.1 Å². The lowest BCUT2D eigenvalue weighted by atomic mass is 10.2. The molecule has 0 atom stereocenters. The Bertz CT molecular complexity index is 327. The standard InChI is InChI=1S/C11H18F5N3O/c12-10(13,11(14,15)16)9(20)19-7-5-18(6-8-19)4-2-1-3-17/h1-8,17H2. The number of carbonyl (C=O) groups excluding carboxylic acids is 1. The summed E-state index contributed by atoms with van der Waals surface area (Å²) in [6.45, 7) is 1.61. The van der Waals surface area contributed by atoms with E-state index in [0.717, 1.165) is 12.8 Å². The van der Waals surface area contributed by atoms with Gasteiger partial charge in [-0.05, 0) is 25.9 Å². The predicted octanol–water partition coefficient (Wildman–Crippen LogP) is 1.07. The van der Waals surface area contributed by atoms with E-state index in [2.05, 4.69) is 0 Å². The highest BCUT2D eigenvalue weighted by molar-refractivity contribution is 5.84. The van der Waals surface area contributed by atoms with Gasteiger partial charge in [-0.1, -0.05) is 0 Å². The fourth-order valence-corrected chi connectivity index (χ4v) is 1.97. The SMILES string of the molecule is NCCCCN1CCN(C(=O)C(F)(F)C(F)(F)F)CC1. The van der Waals surface area contributed by atoms with E-state index >= 15 is 0 Å². The van der Waals surface area contributed by atoms with E-state index in [4.69, 9.17) is 5.73 Å². The summed E-state index contributed by atoms with van der Waals surface area (Å²) in [6, 6.07) is 0. The van der Waals surface area contributed by atoms with Crippen molar-refractivity contribution in [3.05, 3.63) is 0 Å². The summed E-state index contributed by atoms with van der Waals surface area (Å²) < 4.78 is 62.1. The van der Waals surface area contributed by atoms with E-state index in [1.807, 2.05) is 4.90 Å². The van der Waals surface area contributed by atoms with Crippen molar-refractivity contribution >= 4 is 5.91 Å². The molecule has 0 bridgehead atoms. The minimum atomic E-state index is -5.84. The van der Waals surface area contributed by atoms with Crippen LogP contribution in [-0.2, 0) is 4.79 Å². The molecule has 1 aliphatic heterocycles. The Morgan fingerprint density at radius 3 is 2.00 bits per heavy atom. The van der Waals surface area contributed by atoms with Gasteiger partial charge in [0, 0.05) is 26.2 Å². The minimum absolute atomic E-state index is 0.118. The van der Waals surface area contributed by atoms with Gasteiger partial charge < -0.3 is 10.6 Å². The number of piperazine rings is 1. The van der Waals surface area contributed by atoms with Gasteiger partial charge in [0.25, 0.3) is 0 Å². The third-order valence-corrected chi connectivity index (χ3v) is 3.21. The molecule has 0 unspecified atom stereocenters. The molecular weight excluding hydrogens is 285 g/mol. The zero-order valence-corrected chi connectivity index (χ0v) is 10.9. The van der Waals surface area contributed by atoms with E-state index < -0.39 is 18.0 Å². The Balaban J connectivity index is 2.47. The van der Waals surface area contributed by atoms with Crippen LogP contribution in [0.3, 0.4) is 0 Å². The van der Waals surface area contributed by atoms with Crippen molar-refractivity contribution in [3.8, 4) is 0 Å². The lowest BCUT2D eigenvalue weighted by Crippen LogP contribution is -2.57. The van der Waals surface area contributed by atoms with E-state index in [9.17, 15) is 26.7 Å². The molecule has 0 aromatic rings. The van der Waals surface area contributed by atoms with Crippen LogP contribution in [-0.4, -0.2) is 67.1 Å². The number of hydrogen-bond donors (Lipinski definition) is 1. The molecule has 1 saturated heterocycles. The zero-order chi connectivity index (χ0) is 15.4. The number of carbonyl (C=O) groups is 1. The quantitative estimate of drug-likeness (QED) is 0.610. The molecular formula is C11H18F5N3O. The van der Waals surface area contributed by atoms with Crippen LogP contribution in [0.25, 0.3) is 0 Å². The number of halogens is 5. The van der Waals surface area contributed by atoms with Gasteiger partial charge in [0.15, 0.2) is 0 Å². The van der Waals surface area contributed by atoms with Gasteiger partial charge in [0.1, 0.15) is 0 Å². The second kappa shape index (κ2) is 6.66. The van der Waals surface area contributed by atoms with Gasteiger partial charge in [0.05, 0.1) is 0 Å². The smallest absolute Gasteiger partial charge is 0.335 e. The Labute approximate surface area is 113 Å². The molecule has 0 aromatic carbocycles. The zero-order valence-electron chi connectivity index (χ0n) is 10.9. The normalized spacial score (nSPS) is 18.4. The molecule has 1 rings (SSSR count). The molecule has 0 radical (unpaired) electrons. The van der Waals surface area contributed by atoms with Crippen LogP contribution in [0, 0.1) is 0 Å². The number of unbranched alkanes of at least 4 members (excludes halogenated alkanes) is 1. The Hall–Kier alpha value is -0.960. The molecule has 20 heavy (non-hydrogen) atoms. The van der Waals surface area contributed by atoms with Crippen molar-refractivity contribution in [2.75, 3.05) is 39.3 Å². The Morgan fingerprint density at radius 1 is 1.00 bits per heavy atom. The second-order valence-electron chi connectivity index (χ2n) is 4.70. The lowest BCUT2D eigenvalue weighted by Gasteiger charge is -2.36. The summed E-state index contributed by atoms with van der Waals surface area (Å²) >= 11 is 0. The summed E-state index contributed by atoms with van der Waals surface area (Å²) in [5.41, 5.74) is 5.33. The monoisotopic (exact) mass is 303 g/mol. The summed E-state index contributed by atoms with van der Waals surface area (Å²) in [6.07, 6.45) is -4.18. The van der Waals surface area contributed by atoms with Gasteiger partial charge in [-0.3, -0.25) is 9.69 Å². The first kappa shape index (κ1) is 17.1. The lowest BCUT2D eigenvalue weighted by molar-refractivity contribution is -0.274. The van der Waals surface area contributed by atoms with Crippen molar-refractivity contribution in [3.63, 3.8) is 0 Å². The number of rotatable bonds is 5. The van der Waals surface area contributed by atoms with Crippen LogP contribution >= 0.6 is 0 Å². The van der Waals surface area contributed by atoms with Crippen molar-refractivity contribution < 1.29 is 26.7 Å². The minimum Gasteiger partial charge on any atom is -0.335 e. The Kier molecular flexibility index (Phi) is 5.69. The van der Waals surface area contributed by atoms with Gasteiger partial charge in [-0.25, -0.2) is 0 Å². The van der Waals surface area contributed by atoms with Crippen LogP contribution in [0.1, 0.15) is 12.8 Å². The highest BCUT2D eigenvalue weighted by Gasteiger charge is 2.64. The molecule has 4 nitrogen and oxygen atoms in total. The number of nitrogens with zero attached hydrogens (tertiary/aromatic N) is 2. The third kappa shape index (κ3) is 4.02. The van der Waals surface area contributed by atoms with Gasteiger partial charge in [0.2, 0.25) is 0 Å². The molecule has 1 aliphatic rings. The average molecular weight is 303 g/mol.